The van der Waals surface area contributed by atoms with Crippen molar-refractivity contribution in [2.45, 2.75) is 45.1 Å². The van der Waals surface area contributed by atoms with Gasteiger partial charge in [0.15, 0.2) is 0 Å². The molecule has 78 valence electrons. The largest absolute Gasteiger partial charge is 0.330 e. The third-order valence-corrected chi connectivity index (χ3v) is 3.04. The van der Waals surface area contributed by atoms with Gasteiger partial charge in [0.2, 0.25) is 0 Å². The predicted octanol–water partition coefficient (Wildman–Crippen LogP) is 1.07. The van der Waals surface area contributed by atoms with Crippen molar-refractivity contribution in [3.05, 3.63) is 11.4 Å². The topological polar surface area (TPSA) is 56.7 Å². The van der Waals surface area contributed by atoms with E-state index in [1.54, 1.807) is 0 Å². The highest BCUT2D eigenvalue weighted by Gasteiger charge is 2.24. The third kappa shape index (κ3) is 1.54. The fraction of sp³-hybridized carbons (Fsp3) is 0.800. The van der Waals surface area contributed by atoms with Crippen molar-refractivity contribution < 1.29 is 0 Å². The van der Waals surface area contributed by atoms with E-state index in [1.165, 1.54) is 24.2 Å². The van der Waals surface area contributed by atoms with Gasteiger partial charge in [-0.1, -0.05) is 5.21 Å². The molecule has 0 saturated heterocycles. The summed E-state index contributed by atoms with van der Waals surface area (Å²) in [5.41, 5.74) is 8.16. The van der Waals surface area contributed by atoms with Gasteiger partial charge in [0.1, 0.15) is 0 Å². The summed E-state index contributed by atoms with van der Waals surface area (Å²) < 4.78 is 2.03. The summed E-state index contributed by atoms with van der Waals surface area (Å²) in [6.07, 6.45) is 4.67. The molecule has 1 unspecified atom stereocenters. The number of nitrogens with two attached hydrogens (primary N) is 1. The summed E-state index contributed by atoms with van der Waals surface area (Å²) in [5, 5.41) is 8.46. The fourth-order valence-corrected chi connectivity index (χ4v) is 2.31. The average molecular weight is 194 g/mol. The van der Waals surface area contributed by atoms with E-state index in [0.717, 1.165) is 25.9 Å². The summed E-state index contributed by atoms with van der Waals surface area (Å²) in [7, 11) is 0. The molecule has 0 bridgehead atoms. The molecule has 0 aromatic carbocycles. The van der Waals surface area contributed by atoms with Crippen LogP contribution in [0.3, 0.4) is 0 Å². The Labute approximate surface area is 84.5 Å². The maximum absolute atomic E-state index is 5.60. The molecule has 1 aromatic heterocycles. The Morgan fingerprint density at radius 1 is 1.57 bits per heavy atom. The molecule has 0 spiro atoms. The number of hydrogen-bond donors (Lipinski definition) is 1. The number of rotatable bonds is 3. The molecule has 1 aromatic rings. The maximum Gasteiger partial charge on any atom is 0.0890 e. The SMILES string of the molecule is CCn1nnc2c1CCCC2CCN. The van der Waals surface area contributed by atoms with Crippen LogP contribution in [0.25, 0.3) is 0 Å². The lowest BCUT2D eigenvalue weighted by molar-refractivity contribution is 0.500. The second-order valence-corrected chi connectivity index (χ2v) is 3.90. The fourth-order valence-electron chi connectivity index (χ4n) is 2.31. The van der Waals surface area contributed by atoms with E-state index in [1.807, 2.05) is 4.68 Å². The van der Waals surface area contributed by atoms with Crippen LogP contribution in [-0.4, -0.2) is 21.5 Å². The van der Waals surface area contributed by atoms with E-state index in [0.29, 0.717) is 5.92 Å². The Bertz CT molecular complexity index is 305. The van der Waals surface area contributed by atoms with Gasteiger partial charge in [-0.2, -0.15) is 0 Å². The first-order valence-corrected chi connectivity index (χ1v) is 5.49. The summed E-state index contributed by atoms with van der Waals surface area (Å²) >= 11 is 0. The highest BCUT2D eigenvalue weighted by Crippen LogP contribution is 2.31. The van der Waals surface area contributed by atoms with Crippen LogP contribution in [-0.2, 0) is 13.0 Å². The zero-order valence-electron chi connectivity index (χ0n) is 8.74. The van der Waals surface area contributed by atoms with Crippen molar-refractivity contribution in [2.24, 2.45) is 5.73 Å². The van der Waals surface area contributed by atoms with Gasteiger partial charge in [0.05, 0.1) is 11.4 Å². The monoisotopic (exact) mass is 194 g/mol. The Balaban J connectivity index is 2.26. The molecule has 1 aliphatic rings. The van der Waals surface area contributed by atoms with Crippen LogP contribution in [0.15, 0.2) is 0 Å². The van der Waals surface area contributed by atoms with Crippen molar-refractivity contribution >= 4 is 0 Å². The molecule has 2 rings (SSSR count). The van der Waals surface area contributed by atoms with E-state index in [4.69, 9.17) is 5.73 Å². The van der Waals surface area contributed by atoms with E-state index in [2.05, 4.69) is 17.2 Å². The predicted molar refractivity (Wildman–Crippen MR) is 55.0 cm³/mol. The molecule has 2 N–H and O–H groups in total. The number of fused-ring (bicyclic) bond motifs is 1. The zero-order valence-corrected chi connectivity index (χ0v) is 8.74. The summed E-state index contributed by atoms with van der Waals surface area (Å²) in [5.74, 6) is 0.559. The molecule has 1 atom stereocenters. The highest BCUT2D eigenvalue weighted by atomic mass is 15.4. The van der Waals surface area contributed by atoms with Crippen LogP contribution < -0.4 is 5.73 Å². The first-order valence-electron chi connectivity index (χ1n) is 5.49. The second-order valence-electron chi connectivity index (χ2n) is 3.90. The van der Waals surface area contributed by atoms with Crippen LogP contribution in [0.5, 0.6) is 0 Å². The molecule has 4 nitrogen and oxygen atoms in total. The van der Waals surface area contributed by atoms with Gasteiger partial charge in [-0.15, -0.1) is 5.10 Å². The molecule has 0 saturated carbocycles. The maximum atomic E-state index is 5.60. The molecule has 1 heterocycles. The summed E-state index contributed by atoms with van der Waals surface area (Å²) in [6, 6.07) is 0. The third-order valence-electron chi connectivity index (χ3n) is 3.04. The van der Waals surface area contributed by atoms with Crippen molar-refractivity contribution in [1.29, 1.82) is 0 Å². The summed E-state index contributed by atoms with van der Waals surface area (Å²) in [6.45, 7) is 3.79. The summed E-state index contributed by atoms with van der Waals surface area (Å²) in [4.78, 5) is 0. The molecule has 14 heavy (non-hydrogen) atoms. The van der Waals surface area contributed by atoms with Gasteiger partial charge in [-0.25, -0.2) is 4.68 Å². The first kappa shape index (κ1) is 9.65. The number of aryl methyl sites for hydroxylation is 1. The first-order chi connectivity index (χ1) is 6.86. The van der Waals surface area contributed by atoms with Crippen molar-refractivity contribution in [1.82, 2.24) is 15.0 Å². The van der Waals surface area contributed by atoms with Crippen LogP contribution >= 0.6 is 0 Å². The molecule has 1 aliphatic carbocycles. The smallest absolute Gasteiger partial charge is 0.0890 e. The minimum absolute atomic E-state index is 0.559. The van der Waals surface area contributed by atoms with E-state index >= 15 is 0 Å². The van der Waals surface area contributed by atoms with Crippen LogP contribution in [0.2, 0.25) is 0 Å². The van der Waals surface area contributed by atoms with Gasteiger partial charge in [0.25, 0.3) is 0 Å². The quantitative estimate of drug-likeness (QED) is 0.783. The Morgan fingerprint density at radius 3 is 3.14 bits per heavy atom. The van der Waals surface area contributed by atoms with Crippen LogP contribution in [0, 0.1) is 0 Å². The van der Waals surface area contributed by atoms with Gasteiger partial charge in [0, 0.05) is 12.5 Å². The Hall–Kier alpha value is -0.900. The molecular weight excluding hydrogens is 176 g/mol. The second kappa shape index (κ2) is 4.09. The standard InChI is InChI=1S/C10H18N4/c1-2-14-9-5-3-4-8(6-7-11)10(9)12-13-14/h8H,2-7,11H2,1H3. The molecule has 0 fully saturated rings. The molecule has 4 heteroatoms. The molecule has 0 amide bonds. The van der Waals surface area contributed by atoms with Gasteiger partial charge in [-0.3, -0.25) is 0 Å². The van der Waals surface area contributed by atoms with Crippen molar-refractivity contribution in [3.63, 3.8) is 0 Å². The number of hydrogen-bond acceptors (Lipinski definition) is 3. The normalized spacial score (nSPS) is 20.9. The van der Waals surface area contributed by atoms with E-state index in [9.17, 15) is 0 Å². The van der Waals surface area contributed by atoms with Crippen molar-refractivity contribution in [2.75, 3.05) is 6.54 Å². The lowest BCUT2D eigenvalue weighted by Gasteiger charge is -2.20. The number of nitrogens with zero attached hydrogens (tertiary/aromatic N) is 3. The highest BCUT2D eigenvalue weighted by molar-refractivity contribution is 5.18. The Morgan fingerprint density at radius 2 is 2.43 bits per heavy atom. The van der Waals surface area contributed by atoms with E-state index < -0.39 is 0 Å². The average Bonchev–Trinajstić information content (AvgIpc) is 2.62. The van der Waals surface area contributed by atoms with Gasteiger partial charge < -0.3 is 5.73 Å². The zero-order chi connectivity index (χ0) is 9.97. The van der Waals surface area contributed by atoms with Crippen molar-refractivity contribution in [3.8, 4) is 0 Å². The molecular formula is C10H18N4. The number of aromatic nitrogens is 3. The van der Waals surface area contributed by atoms with Crippen LogP contribution in [0.1, 0.15) is 43.5 Å². The minimum atomic E-state index is 0.559. The lowest BCUT2D eigenvalue weighted by atomic mass is 9.87. The molecule has 0 radical (unpaired) electrons. The van der Waals surface area contributed by atoms with E-state index in [-0.39, 0.29) is 0 Å². The van der Waals surface area contributed by atoms with Crippen LogP contribution in [0.4, 0.5) is 0 Å². The van der Waals surface area contributed by atoms with Gasteiger partial charge >= 0.3 is 0 Å². The van der Waals surface area contributed by atoms with Gasteiger partial charge in [-0.05, 0) is 39.2 Å². The minimum Gasteiger partial charge on any atom is -0.330 e. The molecule has 0 aliphatic heterocycles. The lowest BCUT2D eigenvalue weighted by Crippen LogP contribution is -2.15. The Kier molecular flexibility index (Phi) is 2.82.